The summed E-state index contributed by atoms with van der Waals surface area (Å²) >= 11 is 5.94. The first-order valence-corrected chi connectivity index (χ1v) is 7.50. The molecule has 2 rings (SSSR count). The molecule has 0 saturated carbocycles. The Labute approximate surface area is 122 Å². The number of halogens is 1. The quantitative estimate of drug-likeness (QED) is 0.851. The van der Waals surface area contributed by atoms with E-state index in [0.29, 0.717) is 11.4 Å². The lowest BCUT2D eigenvalue weighted by molar-refractivity contribution is 0.413. The van der Waals surface area contributed by atoms with Gasteiger partial charge < -0.3 is 10.5 Å². The fraction of sp³-hybridized carbons (Fsp3) is 0.0769. The molecule has 0 bridgehead atoms. The Morgan fingerprint density at radius 2 is 1.95 bits per heavy atom. The molecule has 106 valence electrons. The molecule has 0 aromatic heterocycles. The SMILES string of the molecule is COc1cccc(S(=O)(=O)Nc2cc(N)ccc2Cl)c1. The van der Waals surface area contributed by atoms with Crippen molar-refractivity contribution in [1.82, 2.24) is 0 Å². The Morgan fingerprint density at radius 1 is 1.20 bits per heavy atom. The number of anilines is 2. The van der Waals surface area contributed by atoms with Gasteiger partial charge in [0, 0.05) is 11.8 Å². The molecule has 3 N–H and O–H groups in total. The van der Waals surface area contributed by atoms with Crippen LogP contribution in [0.2, 0.25) is 5.02 Å². The third-order valence-electron chi connectivity index (χ3n) is 2.59. The van der Waals surface area contributed by atoms with Crippen LogP contribution in [0.15, 0.2) is 47.4 Å². The maximum Gasteiger partial charge on any atom is 0.262 e. The summed E-state index contributed by atoms with van der Waals surface area (Å²) in [5, 5.41) is 0.269. The molecule has 0 fully saturated rings. The summed E-state index contributed by atoms with van der Waals surface area (Å²) in [4.78, 5) is 0.0790. The van der Waals surface area contributed by atoms with Gasteiger partial charge in [-0.25, -0.2) is 8.42 Å². The van der Waals surface area contributed by atoms with Crippen molar-refractivity contribution in [2.24, 2.45) is 0 Å². The summed E-state index contributed by atoms with van der Waals surface area (Å²) in [5.41, 5.74) is 6.26. The van der Waals surface area contributed by atoms with Crippen molar-refractivity contribution in [2.75, 3.05) is 17.6 Å². The van der Waals surface area contributed by atoms with Crippen LogP contribution in [-0.4, -0.2) is 15.5 Å². The van der Waals surface area contributed by atoms with Crippen LogP contribution in [0, 0.1) is 0 Å². The first-order chi connectivity index (χ1) is 9.42. The molecule has 0 aliphatic heterocycles. The highest BCUT2D eigenvalue weighted by Crippen LogP contribution is 2.27. The fourth-order valence-electron chi connectivity index (χ4n) is 1.59. The van der Waals surface area contributed by atoms with Crippen molar-refractivity contribution in [3.63, 3.8) is 0 Å². The van der Waals surface area contributed by atoms with Gasteiger partial charge in [-0.1, -0.05) is 17.7 Å². The molecule has 0 atom stereocenters. The minimum atomic E-state index is -3.76. The third kappa shape index (κ3) is 3.15. The summed E-state index contributed by atoms with van der Waals surface area (Å²) in [6.45, 7) is 0. The van der Waals surface area contributed by atoms with Gasteiger partial charge in [-0.2, -0.15) is 0 Å². The number of rotatable bonds is 4. The Bertz CT molecular complexity index is 732. The van der Waals surface area contributed by atoms with E-state index >= 15 is 0 Å². The van der Waals surface area contributed by atoms with Crippen LogP contribution in [-0.2, 0) is 10.0 Å². The van der Waals surface area contributed by atoms with Crippen molar-refractivity contribution < 1.29 is 13.2 Å². The van der Waals surface area contributed by atoms with Crippen LogP contribution in [0.25, 0.3) is 0 Å². The van der Waals surface area contributed by atoms with E-state index in [1.807, 2.05) is 0 Å². The molecular formula is C13H13ClN2O3S. The summed E-state index contributed by atoms with van der Waals surface area (Å²) in [6, 6.07) is 10.7. The number of sulfonamides is 1. The number of nitrogens with one attached hydrogen (secondary N) is 1. The van der Waals surface area contributed by atoms with Crippen LogP contribution >= 0.6 is 11.6 Å². The summed E-state index contributed by atoms with van der Waals surface area (Å²) < 4.78 is 31.9. The minimum absolute atomic E-state index is 0.0790. The van der Waals surface area contributed by atoms with Gasteiger partial charge in [0.25, 0.3) is 10.0 Å². The Morgan fingerprint density at radius 3 is 2.65 bits per heavy atom. The van der Waals surface area contributed by atoms with Crippen LogP contribution in [0.4, 0.5) is 11.4 Å². The lowest BCUT2D eigenvalue weighted by atomic mass is 10.3. The number of methoxy groups -OCH3 is 1. The zero-order valence-corrected chi connectivity index (χ0v) is 12.2. The van der Waals surface area contributed by atoms with Crippen molar-refractivity contribution in [3.05, 3.63) is 47.5 Å². The topological polar surface area (TPSA) is 81.4 Å². The molecule has 0 spiro atoms. The predicted molar refractivity (Wildman–Crippen MR) is 79.7 cm³/mol. The molecule has 0 amide bonds. The third-order valence-corrected chi connectivity index (χ3v) is 4.28. The average Bonchev–Trinajstić information content (AvgIpc) is 2.43. The van der Waals surface area contributed by atoms with Gasteiger partial charge >= 0.3 is 0 Å². The van der Waals surface area contributed by atoms with Gasteiger partial charge in [0.1, 0.15) is 5.75 Å². The molecule has 2 aromatic rings. The molecule has 0 aliphatic carbocycles. The number of nitrogen functional groups attached to an aromatic ring is 1. The van der Waals surface area contributed by atoms with Crippen LogP contribution in [0.1, 0.15) is 0 Å². The lowest BCUT2D eigenvalue weighted by Crippen LogP contribution is -2.13. The van der Waals surface area contributed by atoms with E-state index in [2.05, 4.69) is 4.72 Å². The average molecular weight is 313 g/mol. The van der Waals surface area contributed by atoms with E-state index in [9.17, 15) is 8.42 Å². The highest BCUT2D eigenvalue weighted by molar-refractivity contribution is 7.92. The Hall–Kier alpha value is -1.92. The van der Waals surface area contributed by atoms with Gasteiger partial charge in [0.15, 0.2) is 0 Å². The van der Waals surface area contributed by atoms with Crippen molar-refractivity contribution >= 4 is 33.0 Å². The standard InChI is InChI=1S/C13H13ClN2O3S/c1-19-10-3-2-4-11(8-10)20(17,18)16-13-7-9(15)5-6-12(13)14/h2-8,16H,15H2,1H3. The van der Waals surface area contributed by atoms with E-state index in [1.54, 1.807) is 18.2 Å². The number of hydrogen-bond acceptors (Lipinski definition) is 4. The van der Waals surface area contributed by atoms with E-state index < -0.39 is 10.0 Å². The maximum absolute atomic E-state index is 12.3. The molecule has 7 heteroatoms. The van der Waals surface area contributed by atoms with Gasteiger partial charge in [-0.3, -0.25) is 4.72 Å². The summed E-state index contributed by atoms with van der Waals surface area (Å²) in [6.07, 6.45) is 0. The van der Waals surface area contributed by atoms with Crippen LogP contribution in [0.3, 0.4) is 0 Å². The van der Waals surface area contributed by atoms with Gasteiger partial charge in [-0.05, 0) is 30.3 Å². The smallest absolute Gasteiger partial charge is 0.262 e. The fourth-order valence-corrected chi connectivity index (χ4v) is 2.92. The van der Waals surface area contributed by atoms with Gasteiger partial charge in [0.05, 0.1) is 22.7 Å². The largest absolute Gasteiger partial charge is 0.497 e. The van der Waals surface area contributed by atoms with Gasteiger partial charge in [-0.15, -0.1) is 0 Å². The Kier molecular flexibility index (Phi) is 4.06. The molecule has 0 radical (unpaired) electrons. The van der Waals surface area contributed by atoms with Gasteiger partial charge in [0.2, 0.25) is 0 Å². The van der Waals surface area contributed by atoms with E-state index in [1.165, 1.54) is 31.4 Å². The molecule has 0 aliphatic rings. The van der Waals surface area contributed by atoms with Crippen LogP contribution in [0.5, 0.6) is 5.75 Å². The number of nitrogens with two attached hydrogens (primary N) is 1. The summed E-state index contributed by atoms with van der Waals surface area (Å²) in [5.74, 6) is 0.451. The molecule has 2 aromatic carbocycles. The predicted octanol–water partition coefficient (Wildman–Crippen LogP) is 2.73. The molecule has 0 heterocycles. The molecular weight excluding hydrogens is 300 g/mol. The first-order valence-electron chi connectivity index (χ1n) is 5.64. The summed E-state index contributed by atoms with van der Waals surface area (Å²) in [7, 11) is -2.29. The second kappa shape index (κ2) is 5.60. The first kappa shape index (κ1) is 14.5. The number of hydrogen-bond donors (Lipinski definition) is 2. The zero-order valence-electron chi connectivity index (χ0n) is 10.6. The van der Waals surface area contributed by atoms with E-state index in [0.717, 1.165) is 0 Å². The normalized spacial score (nSPS) is 11.1. The second-order valence-electron chi connectivity index (χ2n) is 4.02. The minimum Gasteiger partial charge on any atom is -0.497 e. The van der Waals surface area contributed by atoms with Crippen LogP contribution < -0.4 is 15.2 Å². The Balaban J connectivity index is 2.38. The molecule has 5 nitrogen and oxygen atoms in total. The lowest BCUT2D eigenvalue weighted by Gasteiger charge is -2.11. The van der Waals surface area contributed by atoms with Crippen molar-refractivity contribution in [3.8, 4) is 5.75 Å². The molecule has 0 saturated heterocycles. The molecule has 20 heavy (non-hydrogen) atoms. The van der Waals surface area contributed by atoms with Crippen molar-refractivity contribution in [1.29, 1.82) is 0 Å². The number of benzene rings is 2. The van der Waals surface area contributed by atoms with Crippen molar-refractivity contribution in [2.45, 2.75) is 4.90 Å². The highest BCUT2D eigenvalue weighted by Gasteiger charge is 2.16. The second-order valence-corrected chi connectivity index (χ2v) is 6.11. The zero-order chi connectivity index (χ0) is 14.8. The highest BCUT2D eigenvalue weighted by atomic mass is 35.5. The van der Waals surface area contributed by atoms with E-state index in [4.69, 9.17) is 22.1 Å². The number of ether oxygens (including phenoxy) is 1. The maximum atomic E-state index is 12.3. The molecule has 0 unspecified atom stereocenters. The van der Waals surface area contributed by atoms with E-state index in [-0.39, 0.29) is 15.6 Å². The monoisotopic (exact) mass is 312 g/mol.